The number of carbonyl (C=O) groups is 1. The van der Waals surface area contributed by atoms with Gasteiger partial charge in [-0.15, -0.1) is 10.2 Å². The Kier molecular flexibility index (Phi) is 5.68. The van der Waals surface area contributed by atoms with E-state index in [4.69, 9.17) is 0 Å². The molecule has 0 aliphatic carbocycles. The number of nitrogens with zero attached hydrogens (tertiary/aromatic N) is 4. The summed E-state index contributed by atoms with van der Waals surface area (Å²) in [4.78, 5) is 13.6. The summed E-state index contributed by atoms with van der Waals surface area (Å²) in [5.74, 6) is -0.162. The van der Waals surface area contributed by atoms with Crippen LogP contribution in [0.5, 0.6) is 0 Å². The zero-order valence-electron chi connectivity index (χ0n) is 14.5. The van der Waals surface area contributed by atoms with E-state index in [0.717, 1.165) is 18.4 Å². The quantitative estimate of drug-likeness (QED) is 0.708. The zero-order valence-corrected chi connectivity index (χ0v) is 14.5. The highest BCUT2D eigenvalue weighted by atomic mass is 19.1. The predicted molar refractivity (Wildman–Crippen MR) is 95.4 cm³/mol. The summed E-state index contributed by atoms with van der Waals surface area (Å²) in [6.45, 7) is 2.05. The summed E-state index contributed by atoms with van der Waals surface area (Å²) in [7, 11) is 0. The Hall–Kier alpha value is -3.09. The van der Waals surface area contributed by atoms with Crippen molar-refractivity contribution in [3.05, 3.63) is 66.0 Å². The first-order chi connectivity index (χ1) is 12.7. The standard InChI is InChI=1S/C19H20FN5O/c1-2-6-17(14-7-4-3-5-8-14)21-18(26)13-25-23-19(22-24-25)15-9-11-16(20)12-10-15/h3-5,7-12,17H,2,6,13H2,1H3,(H,21,26)/t17-/m1/s1. The third-order valence-corrected chi connectivity index (χ3v) is 3.95. The summed E-state index contributed by atoms with van der Waals surface area (Å²) in [5.41, 5.74) is 1.72. The molecule has 0 radical (unpaired) electrons. The lowest BCUT2D eigenvalue weighted by Gasteiger charge is -2.18. The molecule has 0 fully saturated rings. The first kappa shape index (κ1) is 17.7. The lowest BCUT2D eigenvalue weighted by molar-refractivity contribution is -0.122. The Morgan fingerprint density at radius 1 is 1.15 bits per heavy atom. The van der Waals surface area contributed by atoms with Crippen molar-refractivity contribution in [3.63, 3.8) is 0 Å². The monoisotopic (exact) mass is 353 g/mol. The van der Waals surface area contributed by atoms with Gasteiger partial charge >= 0.3 is 0 Å². The highest BCUT2D eigenvalue weighted by molar-refractivity contribution is 5.76. The molecule has 26 heavy (non-hydrogen) atoms. The summed E-state index contributed by atoms with van der Waals surface area (Å²) in [5, 5.41) is 15.0. The van der Waals surface area contributed by atoms with Crippen LogP contribution < -0.4 is 5.32 Å². The first-order valence-electron chi connectivity index (χ1n) is 8.53. The third kappa shape index (κ3) is 4.50. The van der Waals surface area contributed by atoms with Crippen molar-refractivity contribution in [2.45, 2.75) is 32.4 Å². The van der Waals surface area contributed by atoms with Gasteiger partial charge in [0.25, 0.3) is 0 Å². The van der Waals surface area contributed by atoms with E-state index in [0.29, 0.717) is 11.4 Å². The maximum absolute atomic E-state index is 13.0. The summed E-state index contributed by atoms with van der Waals surface area (Å²) in [6, 6.07) is 15.6. The van der Waals surface area contributed by atoms with Crippen LogP contribution in [0.15, 0.2) is 54.6 Å². The number of tetrazole rings is 1. The van der Waals surface area contributed by atoms with Gasteiger partial charge in [-0.2, -0.15) is 4.80 Å². The van der Waals surface area contributed by atoms with Gasteiger partial charge in [-0.25, -0.2) is 4.39 Å². The number of halogens is 1. The maximum atomic E-state index is 13.0. The molecule has 6 nitrogen and oxygen atoms in total. The SMILES string of the molecule is CCC[C@@H](NC(=O)Cn1nnc(-c2ccc(F)cc2)n1)c1ccccc1. The van der Waals surface area contributed by atoms with Gasteiger partial charge in [0.05, 0.1) is 6.04 Å². The molecule has 134 valence electrons. The molecule has 3 aromatic rings. The van der Waals surface area contributed by atoms with Gasteiger partial charge in [-0.05, 0) is 41.5 Å². The van der Waals surface area contributed by atoms with Crippen molar-refractivity contribution in [3.8, 4) is 11.4 Å². The lowest BCUT2D eigenvalue weighted by Crippen LogP contribution is -2.32. The molecule has 0 spiro atoms. The number of nitrogens with one attached hydrogen (secondary N) is 1. The number of benzene rings is 2. The smallest absolute Gasteiger partial charge is 0.244 e. The minimum absolute atomic E-state index is 0.0265. The van der Waals surface area contributed by atoms with Crippen LogP contribution >= 0.6 is 0 Å². The van der Waals surface area contributed by atoms with E-state index < -0.39 is 0 Å². The van der Waals surface area contributed by atoms with Crippen LogP contribution in [0.25, 0.3) is 11.4 Å². The Bertz CT molecular complexity index is 848. The molecular formula is C19H20FN5O. The zero-order chi connectivity index (χ0) is 18.4. The lowest BCUT2D eigenvalue weighted by atomic mass is 10.0. The van der Waals surface area contributed by atoms with E-state index >= 15 is 0 Å². The number of carbonyl (C=O) groups excluding carboxylic acids is 1. The van der Waals surface area contributed by atoms with Crippen LogP contribution in [0.3, 0.4) is 0 Å². The molecule has 1 amide bonds. The molecule has 1 atom stereocenters. The van der Waals surface area contributed by atoms with Crippen LogP contribution in [0.4, 0.5) is 4.39 Å². The molecule has 0 bridgehead atoms. The van der Waals surface area contributed by atoms with Crippen LogP contribution in [0.2, 0.25) is 0 Å². The predicted octanol–water partition coefficient (Wildman–Crippen LogP) is 3.14. The molecule has 0 saturated carbocycles. The average molecular weight is 353 g/mol. The Morgan fingerprint density at radius 3 is 2.58 bits per heavy atom. The normalized spacial score (nSPS) is 11.9. The van der Waals surface area contributed by atoms with Gasteiger partial charge in [0.2, 0.25) is 11.7 Å². The Balaban J connectivity index is 1.65. The van der Waals surface area contributed by atoms with Gasteiger partial charge in [0.15, 0.2) is 0 Å². The highest BCUT2D eigenvalue weighted by Crippen LogP contribution is 2.18. The maximum Gasteiger partial charge on any atom is 0.244 e. The fourth-order valence-electron chi connectivity index (χ4n) is 2.69. The second-order valence-corrected chi connectivity index (χ2v) is 5.97. The van der Waals surface area contributed by atoms with Gasteiger partial charge in [-0.1, -0.05) is 43.7 Å². The Morgan fingerprint density at radius 2 is 1.88 bits per heavy atom. The number of hydrogen-bond acceptors (Lipinski definition) is 4. The molecule has 2 aromatic carbocycles. The van der Waals surface area contributed by atoms with Gasteiger partial charge < -0.3 is 5.32 Å². The molecule has 0 unspecified atom stereocenters. The van der Waals surface area contributed by atoms with Crippen molar-refractivity contribution in [1.82, 2.24) is 25.5 Å². The molecule has 0 saturated heterocycles. The molecule has 0 aliphatic heterocycles. The Labute approximate surface area is 151 Å². The fraction of sp³-hybridized carbons (Fsp3) is 0.263. The minimum Gasteiger partial charge on any atom is -0.348 e. The number of aromatic nitrogens is 4. The van der Waals surface area contributed by atoms with E-state index in [1.165, 1.54) is 16.9 Å². The summed E-state index contributed by atoms with van der Waals surface area (Å²) < 4.78 is 13.0. The second kappa shape index (κ2) is 8.33. The van der Waals surface area contributed by atoms with Crippen LogP contribution in [-0.4, -0.2) is 26.1 Å². The van der Waals surface area contributed by atoms with Crippen molar-refractivity contribution < 1.29 is 9.18 Å². The van der Waals surface area contributed by atoms with Crippen LogP contribution in [0, 0.1) is 5.82 Å². The summed E-state index contributed by atoms with van der Waals surface area (Å²) in [6.07, 6.45) is 1.80. The van der Waals surface area contributed by atoms with E-state index in [2.05, 4.69) is 27.7 Å². The first-order valence-corrected chi connectivity index (χ1v) is 8.53. The molecule has 0 aliphatic rings. The van der Waals surface area contributed by atoms with E-state index in [-0.39, 0.29) is 24.3 Å². The molecule has 1 N–H and O–H groups in total. The van der Waals surface area contributed by atoms with E-state index in [1.807, 2.05) is 30.3 Å². The topological polar surface area (TPSA) is 72.7 Å². The fourth-order valence-corrected chi connectivity index (χ4v) is 2.69. The van der Waals surface area contributed by atoms with Crippen LogP contribution in [0.1, 0.15) is 31.4 Å². The average Bonchev–Trinajstić information content (AvgIpc) is 3.11. The molecule has 3 rings (SSSR count). The van der Waals surface area contributed by atoms with Crippen LogP contribution in [-0.2, 0) is 11.3 Å². The van der Waals surface area contributed by atoms with E-state index in [9.17, 15) is 9.18 Å². The van der Waals surface area contributed by atoms with Gasteiger partial charge in [0.1, 0.15) is 12.4 Å². The van der Waals surface area contributed by atoms with Gasteiger partial charge in [0, 0.05) is 5.56 Å². The molecule has 7 heteroatoms. The highest BCUT2D eigenvalue weighted by Gasteiger charge is 2.15. The molecule has 1 heterocycles. The number of rotatable bonds is 7. The number of amides is 1. The van der Waals surface area contributed by atoms with Crippen molar-refractivity contribution >= 4 is 5.91 Å². The third-order valence-electron chi connectivity index (χ3n) is 3.95. The van der Waals surface area contributed by atoms with Gasteiger partial charge in [-0.3, -0.25) is 4.79 Å². The number of hydrogen-bond donors (Lipinski definition) is 1. The van der Waals surface area contributed by atoms with Crippen molar-refractivity contribution in [2.75, 3.05) is 0 Å². The van der Waals surface area contributed by atoms with E-state index in [1.54, 1.807) is 12.1 Å². The molecule has 1 aromatic heterocycles. The molecular weight excluding hydrogens is 333 g/mol. The van der Waals surface area contributed by atoms with Crippen molar-refractivity contribution in [2.24, 2.45) is 0 Å². The largest absolute Gasteiger partial charge is 0.348 e. The minimum atomic E-state index is -0.330. The summed E-state index contributed by atoms with van der Waals surface area (Å²) >= 11 is 0. The second-order valence-electron chi connectivity index (χ2n) is 5.97. The van der Waals surface area contributed by atoms with Crippen molar-refractivity contribution in [1.29, 1.82) is 0 Å².